The monoisotopic (exact) mass is 267 g/mol. The lowest BCUT2D eigenvalue weighted by atomic mass is 10.2. The Morgan fingerprint density at radius 2 is 2.00 bits per heavy atom. The number of aromatic nitrogens is 1. The molecule has 2 N–H and O–H groups in total. The highest BCUT2D eigenvalue weighted by molar-refractivity contribution is 5.93. The van der Waals surface area contributed by atoms with Gasteiger partial charge in [-0.1, -0.05) is 18.2 Å². The molecule has 0 radical (unpaired) electrons. The fourth-order valence-corrected chi connectivity index (χ4v) is 1.98. The number of nitrogens with one attached hydrogen (secondary N) is 2. The summed E-state index contributed by atoms with van der Waals surface area (Å²) in [4.78, 5) is 16.0. The Bertz CT molecular complexity index is 618. The summed E-state index contributed by atoms with van der Waals surface area (Å²) in [6.45, 7) is 2.05. The van der Waals surface area contributed by atoms with Crippen LogP contribution in [0.25, 0.3) is 0 Å². The maximum Gasteiger partial charge on any atom is 0.227 e. The molecule has 1 fully saturated rings. The van der Waals surface area contributed by atoms with Gasteiger partial charge in [-0.25, -0.2) is 4.98 Å². The first kappa shape index (κ1) is 12.7. The minimum atomic E-state index is 0.103. The second-order valence-electron chi connectivity index (χ2n) is 5.14. The van der Waals surface area contributed by atoms with Crippen molar-refractivity contribution in [3.63, 3.8) is 0 Å². The van der Waals surface area contributed by atoms with E-state index in [-0.39, 0.29) is 11.8 Å². The van der Waals surface area contributed by atoms with Crippen molar-refractivity contribution in [2.24, 2.45) is 5.92 Å². The number of hydrogen-bond acceptors (Lipinski definition) is 3. The van der Waals surface area contributed by atoms with E-state index in [9.17, 15) is 4.79 Å². The Morgan fingerprint density at radius 3 is 2.65 bits per heavy atom. The Balaban J connectivity index is 1.66. The van der Waals surface area contributed by atoms with E-state index in [0.717, 1.165) is 30.0 Å². The van der Waals surface area contributed by atoms with Crippen LogP contribution in [0.2, 0.25) is 0 Å². The minimum absolute atomic E-state index is 0.103. The predicted molar refractivity (Wildman–Crippen MR) is 80.1 cm³/mol. The number of pyridine rings is 1. The number of aryl methyl sites for hydroxylation is 1. The summed E-state index contributed by atoms with van der Waals surface area (Å²) in [6.07, 6.45) is 3.69. The van der Waals surface area contributed by atoms with Crippen LogP contribution in [0.5, 0.6) is 0 Å². The minimum Gasteiger partial charge on any atom is -0.340 e. The van der Waals surface area contributed by atoms with Gasteiger partial charge in [-0.3, -0.25) is 4.79 Å². The van der Waals surface area contributed by atoms with Gasteiger partial charge in [-0.05, 0) is 43.5 Å². The van der Waals surface area contributed by atoms with Crippen molar-refractivity contribution in [2.75, 3.05) is 10.6 Å². The molecule has 1 amide bonds. The van der Waals surface area contributed by atoms with Crippen molar-refractivity contribution in [2.45, 2.75) is 19.8 Å². The van der Waals surface area contributed by atoms with Crippen LogP contribution >= 0.6 is 0 Å². The topological polar surface area (TPSA) is 54.0 Å². The van der Waals surface area contributed by atoms with Crippen LogP contribution in [0.4, 0.5) is 17.2 Å². The summed E-state index contributed by atoms with van der Waals surface area (Å²) in [6, 6.07) is 11.8. The maximum absolute atomic E-state index is 11.6. The van der Waals surface area contributed by atoms with E-state index in [1.165, 1.54) is 5.56 Å². The van der Waals surface area contributed by atoms with E-state index in [4.69, 9.17) is 0 Å². The van der Waals surface area contributed by atoms with Crippen molar-refractivity contribution >= 4 is 23.1 Å². The van der Waals surface area contributed by atoms with Crippen molar-refractivity contribution in [1.82, 2.24) is 4.98 Å². The Labute approximate surface area is 118 Å². The molecule has 1 aromatic heterocycles. The summed E-state index contributed by atoms with van der Waals surface area (Å²) >= 11 is 0. The summed E-state index contributed by atoms with van der Waals surface area (Å²) in [7, 11) is 0. The van der Waals surface area contributed by atoms with Crippen LogP contribution < -0.4 is 10.6 Å². The molecule has 0 spiro atoms. The molecule has 0 atom stereocenters. The quantitative estimate of drug-likeness (QED) is 0.891. The number of carbonyl (C=O) groups is 1. The summed E-state index contributed by atoms with van der Waals surface area (Å²) in [5.41, 5.74) is 2.95. The van der Waals surface area contributed by atoms with Crippen LogP contribution in [0.3, 0.4) is 0 Å². The van der Waals surface area contributed by atoms with E-state index >= 15 is 0 Å². The van der Waals surface area contributed by atoms with Crippen molar-refractivity contribution in [3.8, 4) is 0 Å². The molecular weight excluding hydrogens is 250 g/mol. The molecule has 0 saturated heterocycles. The molecule has 0 bridgehead atoms. The lowest BCUT2D eigenvalue weighted by Crippen LogP contribution is -2.13. The third kappa shape index (κ3) is 2.96. The molecule has 1 aliphatic rings. The number of benzene rings is 1. The van der Waals surface area contributed by atoms with Gasteiger partial charge >= 0.3 is 0 Å². The lowest BCUT2D eigenvalue weighted by Gasteiger charge is -2.09. The molecule has 0 aliphatic heterocycles. The number of carbonyl (C=O) groups excluding carboxylic acids is 1. The Kier molecular flexibility index (Phi) is 3.37. The van der Waals surface area contributed by atoms with E-state index < -0.39 is 0 Å². The lowest BCUT2D eigenvalue weighted by molar-refractivity contribution is -0.117. The fraction of sp³-hybridized carbons (Fsp3) is 0.250. The molecule has 0 unspecified atom stereocenters. The smallest absolute Gasteiger partial charge is 0.227 e. The summed E-state index contributed by atoms with van der Waals surface area (Å²) in [5.74, 6) is 1.08. The standard InChI is InChI=1S/C16H17N3O/c1-11-4-2-3-5-14(11)19-15-9-8-13(10-17-15)18-16(20)12-6-7-12/h2-5,8-10,12H,6-7H2,1H3,(H,17,19)(H,18,20). The number of nitrogens with zero attached hydrogens (tertiary/aromatic N) is 1. The SMILES string of the molecule is Cc1ccccc1Nc1ccc(NC(=O)C2CC2)cn1. The summed E-state index contributed by atoms with van der Waals surface area (Å²) < 4.78 is 0. The van der Waals surface area contributed by atoms with Crippen molar-refractivity contribution in [1.29, 1.82) is 0 Å². The normalized spacial score (nSPS) is 13.8. The van der Waals surface area contributed by atoms with Gasteiger partial charge in [0.05, 0.1) is 11.9 Å². The zero-order valence-corrected chi connectivity index (χ0v) is 11.4. The predicted octanol–water partition coefficient (Wildman–Crippen LogP) is 3.48. The van der Waals surface area contributed by atoms with Crippen LogP contribution in [0.15, 0.2) is 42.6 Å². The fourth-order valence-electron chi connectivity index (χ4n) is 1.98. The highest BCUT2D eigenvalue weighted by Gasteiger charge is 2.29. The van der Waals surface area contributed by atoms with Crippen molar-refractivity contribution in [3.05, 3.63) is 48.2 Å². The maximum atomic E-state index is 11.6. The third-order valence-electron chi connectivity index (χ3n) is 3.39. The van der Waals surface area contributed by atoms with E-state index in [1.54, 1.807) is 6.20 Å². The van der Waals surface area contributed by atoms with Gasteiger partial charge in [0.25, 0.3) is 0 Å². The number of amides is 1. The molecule has 2 aromatic rings. The number of rotatable bonds is 4. The Morgan fingerprint density at radius 1 is 1.20 bits per heavy atom. The van der Waals surface area contributed by atoms with Gasteiger partial charge in [0, 0.05) is 11.6 Å². The molecular formula is C16H17N3O. The highest BCUT2D eigenvalue weighted by Crippen LogP contribution is 2.30. The van der Waals surface area contributed by atoms with Crippen LogP contribution in [0.1, 0.15) is 18.4 Å². The molecule has 1 saturated carbocycles. The Hall–Kier alpha value is -2.36. The number of para-hydroxylation sites is 1. The number of hydrogen-bond donors (Lipinski definition) is 2. The van der Waals surface area contributed by atoms with E-state index in [1.807, 2.05) is 43.3 Å². The summed E-state index contributed by atoms with van der Waals surface area (Å²) in [5, 5.41) is 6.14. The average Bonchev–Trinajstić information content (AvgIpc) is 3.28. The molecule has 1 heterocycles. The van der Waals surface area contributed by atoms with Gasteiger partial charge < -0.3 is 10.6 Å². The number of anilines is 3. The van der Waals surface area contributed by atoms with Gasteiger partial charge in [0.2, 0.25) is 5.91 Å². The molecule has 1 aliphatic carbocycles. The van der Waals surface area contributed by atoms with Crippen LogP contribution in [0, 0.1) is 12.8 Å². The van der Waals surface area contributed by atoms with Gasteiger partial charge in [-0.15, -0.1) is 0 Å². The second-order valence-corrected chi connectivity index (χ2v) is 5.14. The molecule has 1 aromatic carbocycles. The second kappa shape index (κ2) is 5.33. The first-order valence-corrected chi connectivity index (χ1v) is 6.82. The molecule has 3 rings (SSSR count). The molecule has 4 heteroatoms. The highest BCUT2D eigenvalue weighted by atomic mass is 16.2. The van der Waals surface area contributed by atoms with Gasteiger partial charge in [0.15, 0.2) is 0 Å². The molecule has 102 valence electrons. The van der Waals surface area contributed by atoms with Gasteiger partial charge in [-0.2, -0.15) is 0 Å². The van der Waals surface area contributed by atoms with E-state index in [2.05, 4.69) is 15.6 Å². The largest absolute Gasteiger partial charge is 0.340 e. The van der Waals surface area contributed by atoms with Crippen molar-refractivity contribution < 1.29 is 4.79 Å². The molecule has 20 heavy (non-hydrogen) atoms. The van der Waals surface area contributed by atoms with E-state index in [0.29, 0.717) is 0 Å². The van der Waals surface area contributed by atoms with Gasteiger partial charge in [0.1, 0.15) is 5.82 Å². The van der Waals surface area contributed by atoms with Crippen LogP contribution in [-0.2, 0) is 4.79 Å². The third-order valence-corrected chi connectivity index (χ3v) is 3.39. The zero-order valence-electron chi connectivity index (χ0n) is 11.4. The average molecular weight is 267 g/mol. The zero-order chi connectivity index (χ0) is 13.9. The first-order chi connectivity index (χ1) is 9.72. The van der Waals surface area contributed by atoms with Crippen LogP contribution in [-0.4, -0.2) is 10.9 Å². The molecule has 4 nitrogen and oxygen atoms in total. The first-order valence-electron chi connectivity index (χ1n) is 6.82.